The van der Waals surface area contributed by atoms with E-state index in [4.69, 9.17) is 14.6 Å². The van der Waals surface area contributed by atoms with Gasteiger partial charge in [0.15, 0.2) is 11.5 Å². The third-order valence-electron chi connectivity index (χ3n) is 5.09. The lowest BCUT2D eigenvalue weighted by atomic mass is 9.94. The Labute approximate surface area is 193 Å². The molecule has 2 aromatic carbocycles. The number of halogens is 2. The highest BCUT2D eigenvalue weighted by Crippen LogP contribution is 2.38. The molecule has 0 aliphatic carbocycles. The van der Waals surface area contributed by atoms with Crippen LogP contribution in [0, 0.1) is 0 Å². The number of aromatic carboxylic acids is 1. The molecule has 0 spiro atoms. The monoisotopic (exact) mass is 476 g/mol. The first-order valence-corrected chi connectivity index (χ1v) is 10.1. The standard InChI is InChI=1S/C23H22F2N2O7/c1-4-33-21(30)18-12(2)27(15-8-5-13(6-9-15)20(28)29)23(31)26-19(18)14-7-10-16(34-22(24)25)17(11-14)32-3/h5-11,19,22H,4H2,1-3H3,(H,26,31)(H,28,29)/t19-/m1/s1. The van der Waals surface area contributed by atoms with E-state index in [9.17, 15) is 23.2 Å². The molecule has 0 fully saturated rings. The van der Waals surface area contributed by atoms with Crippen LogP contribution in [0.4, 0.5) is 19.3 Å². The number of nitrogens with zero attached hydrogens (tertiary/aromatic N) is 1. The number of hydrogen-bond donors (Lipinski definition) is 2. The number of nitrogens with one attached hydrogen (secondary N) is 1. The number of ether oxygens (including phenoxy) is 3. The molecule has 0 saturated carbocycles. The van der Waals surface area contributed by atoms with Crippen LogP contribution < -0.4 is 19.7 Å². The summed E-state index contributed by atoms with van der Waals surface area (Å²) in [7, 11) is 1.27. The number of hydrogen-bond acceptors (Lipinski definition) is 6. The van der Waals surface area contributed by atoms with Crippen molar-refractivity contribution in [2.24, 2.45) is 0 Å². The minimum Gasteiger partial charge on any atom is -0.493 e. The lowest BCUT2D eigenvalue weighted by Gasteiger charge is -2.35. The average molecular weight is 476 g/mol. The van der Waals surface area contributed by atoms with Crippen LogP contribution in [-0.2, 0) is 9.53 Å². The SMILES string of the molecule is CCOC(=O)C1=C(C)N(c2ccc(C(=O)O)cc2)C(=O)N[C@@H]1c1ccc(OC(F)F)c(OC)c1. The maximum Gasteiger partial charge on any atom is 0.387 e. The Hall–Kier alpha value is -4.15. The molecule has 11 heteroatoms. The molecule has 1 atom stereocenters. The highest BCUT2D eigenvalue weighted by molar-refractivity contribution is 6.03. The Balaban J connectivity index is 2.09. The van der Waals surface area contributed by atoms with Crippen LogP contribution in [0.1, 0.15) is 35.8 Å². The van der Waals surface area contributed by atoms with Gasteiger partial charge in [0.2, 0.25) is 0 Å². The van der Waals surface area contributed by atoms with E-state index in [1.165, 1.54) is 54.5 Å². The van der Waals surface area contributed by atoms with E-state index in [0.29, 0.717) is 11.3 Å². The molecule has 2 aromatic rings. The van der Waals surface area contributed by atoms with Crippen LogP contribution in [0.3, 0.4) is 0 Å². The van der Waals surface area contributed by atoms with E-state index < -0.39 is 30.6 Å². The number of carboxylic acids is 1. The summed E-state index contributed by atoms with van der Waals surface area (Å²) < 4.78 is 40.1. The third kappa shape index (κ3) is 4.92. The Kier molecular flexibility index (Phi) is 7.34. The van der Waals surface area contributed by atoms with Crippen LogP contribution in [-0.4, -0.2) is 43.4 Å². The molecule has 0 radical (unpaired) electrons. The summed E-state index contributed by atoms with van der Waals surface area (Å²) in [6, 6.07) is 8.04. The van der Waals surface area contributed by atoms with Crippen molar-refractivity contribution in [3.8, 4) is 11.5 Å². The minimum absolute atomic E-state index is 0.0143. The largest absolute Gasteiger partial charge is 0.493 e. The topological polar surface area (TPSA) is 114 Å². The van der Waals surface area contributed by atoms with Crippen molar-refractivity contribution < 1.29 is 42.5 Å². The van der Waals surface area contributed by atoms with Crippen molar-refractivity contribution in [3.63, 3.8) is 0 Å². The molecule has 3 rings (SSSR count). The smallest absolute Gasteiger partial charge is 0.387 e. The predicted octanol–water partition coefficient (Wildman–Crippen LogP) is 4.10. The number of allylic oxidation sites excluding steroid dienone is 1. The van der Waals surface area contributed by atoms with Crippen molar-refractivity contribution in [2.45, 2.75) is 26.5 Å². The number of carboxylic acid groups (broad SMARTS) is 1. The fourth-order valence-corrected chi connectivity index (χ4v) is 3.59. The summed E-state index contributed by atoms with van der Waals surface area (Å²) in [6.07, 6.45) is 0. The molecule has 9 nitrogen and oxygen atoms in total. The predicted molar refractivity (Wildman–Crippen MR) is 116 cm³/mol. The molecule has 0 unspecified atom stereocenters. The van der Waals surface area contributed by atoms with Crippen molar-refractivity contribution in [1.29, 1.82) is 0 Å². The zero-order valence-corrected chi connectivity index (χ0v) is 18.5. The molecule has 0 bridgehead atoms. The third-order valence-corrected chi connectivity index (χ3v) is 5.09. The average Bonchev–Trinajstić information content (AvgIpc) is 2.79. The van der Waals surface area contributed by atoms with Crippen LogP contribution in [0.5, 0.6) is 11.5 Å². The molecule has 2 amide bonds. The lowest BCUT2D eigenvalue weighted by Crippen LogP contribution is -2.48. The number of alkyl halides is 2. The molecule has 34 heavy (non-hydrogen) atoms. The Morgan fingerprint density at radius 3 is 2.38 bits per heavy atom. The Morgan fingerprint density at radius 2 is 1.82 bits per heavy atom. The number of urea groups is 1. The number of carbonyl (C=O) groups is 3. The summed E-state index contributed by atoms with van der Waals surface area (Å²) in [5.41, 5.74) is 1.09. The zero-order valence-electron chi connectivity index (χ0n) is 18.5. The normalized spacial score (nSPS) is 15.8. The van der Waals surface area contributed by atoms with Gasteiger partial charge in [0, 0.05) is 5.70 Å². The fraction of sp³-hybridized carbons (Fsp3) is 0.261. The van der Waals surface area contributed by atoms with Gasteiger partial charge in [0.25, 0.3) is 0 Å². The van der Waals surface area contributed by atoms with E-state index in [0.717, 1.165) is 0 Å². The number of rotatable bonds is 8. The number of carbonyl (C=O) groups excluding carboxylic acids is 2. The highest BCUT2D eigenvalue weighted by atomic mass is 19.3. The molecule has 1 aliphatic rings. The molecular formula is C23H22F2N2O7. The molecule has 1 heterocycles. The van der Waals surface area contributed by atoms with Gasteiger partial charge in [0.1, 0.15) is 0 Å². The van der Waals surface area contributed by atoms with Crippen molar-refractivity contribution >= 4 is 23.7 Å². The minimum atomic E-state index is -3.06. The first-order valence-electron chi connectivity index (χ1n) is 10.1. The van der Waals surface area contributed by atoms with Gasteiger partial charge in [-0.05, 0) is 55.8 Å². The van der Waals surface area contributed by atoms with E-state index in [1.807, 2.05) is 0 Å². The van der Waals surface area contributed by atoms with Crippen molar-refractivity contribution in [1.82, 2.24) is 5.32 Å². The molecule has 1 aliphatic heterocycles. The Morgan fingerprint density at radius 1 is 1.15 bits per heavy atom. The number of methoxy groups -OCH3 is 1. The lowest BCUT2D eigenvalue weighted by molar-refractivity contribution is -0.139. The van der Waals surface area contributed by atoms with Crippen LogP contribution in [0.15, 0.2) is 53.7 Å². The maximum atomic E-state index is 13.1. The quantitative estimate of drug-likeness (QED) is 0.551. The molecule has 2 N–H and O–H groups in total. The van der Waals surface area contributed by atoms with Gasteiger partial charge >= 0.3 is 24.6 Å². The summed E-state index contributed by atoms with van der Waals surface area (Å²) in [5.74, 6) is -2.03. The van der Waals surface area contributed by atoms with Crippen molar-refractivity contribution in [2.75, 3.05) is 18.6 Å². The molecule has 0 aromatic heterocycles. The number of benzene rings is 2. The van der Waals surface area contributed by atoms with Gasteiger partial charge in [-0.25, -0.2) is 14.4 Å². The van der Waals surface area contributed by atoms with Gasteiger partial charge < -0.3 is 24.6 Å². The summed E-state index contributed by atoms with van der Waals surface area (Å²) >= 11 is 0. The van der Waals surface area contributed by atoms with Crippen molar-refractivity contribution in [3.05, 3.63) is 64.9 Å². The summed E-state index contributed by atoms with van der Waals surface area (Å²) in [6.45, 7) is 0.196. The first-order chi connectivity index (χ1) is 16.2. The summed E-state index contributed by atoms with van der Waals surface area (Å²) in [5, 5.41) is 11.8. The number of amides is 2. The van der Waals surface area contributed by atoms with Gasteiger partial charge in [-0.15, -0.1) is 0 Å². The number of esters is 1. The highest BCUT2D eigenvalue weighted by Gasteiger charge is 2.37. The fourth-order valence-electron chi connectivity index (χ4n) is 3.59. The second-order valence-corrected chi connectivity index (χ2v) is 7.08. The Bertz CT molecular complexity index is 1130. The van der Waals surface area contributed by atoms with Gasteiger partial charge in [-0.3, -0.25) is 4.90 Å². The van der Waals surface area contributed by atoms with Crippen LogP contribution >= 0.6 is 0 Å². The van der Waals surface area contributed by atoms with Crippen LogP contribution in [0.2, 0.25) is 0 Å². The molecule has 180 valence electrons. The molecular weight excluding hydrogens is 454 g/mol. The van der Waals surface area contributed by atoms with Gasteiger partial charge in [-0.1, -0.05) is 6.07 Å². The molecule has 0 saturated heterocycles. The first kappa shape index (κ1) is 24.5. The maximum absolute atomic E-state index is 13.1. The van der Waals surface area contributed by atoms with Crippen LogP contribution in [0.25, 0.3) is 0 Å². The summed E-state index contributed by atoms with van der Waals surface area (Å²) in [4.78, 5) is 38.3. The van der Waals surface area contributed by atoms with E-state index >= 15 is 0 Å². The second kappa shape index (κ2) is 10.2. The second-order valence-electron chi connectivity index (χ2n) is 7.08. The van der Waals surface area contributed by atoms with Gasteiger partial charge in [0.05, 0.1) is 36.6 Å². The van der Waals surface area contributed by atoms with E-state index in [-0.39, 0.29) is 34.9 Å². The zero-order chi connectivity index (χ0) is 25.0. The van der Waals surface area contributed by atoms with Gasteiger partial charge in [-0.2, -0.15) is 8.78 Å². The van der Waals surface area contributed by atoms with E-state index in [2.05, 4.69) is 10.1 Å². The van der Waals surface area contributed by atoms with E-state index in [1.54, 1.807) is 13.8 Å². The number of anilines is 1.